The maximum atomic E-state index is 10.2. The largest absolute Gasteiger partial charge is 0.388 e. The normalized spacial score (nSPS) is 8.43. The van der Waals surface area contributed by atoms with Crippen LogP contribution in [-0.2, 0) is 4.79 Å². The van der Waals surface area contributed by atoms with Gasteiger partial charge in [0.1, 0.15) is 0 Å². The van der Waals surface area contributed by atoms with Crippen molar-refractivity contribution in [1.82, 2.24) is 9.94 Å². The van der Waals surface area contributed by atoms with E-state index in [0.29, 0.717) is 6.42 Å². The fraction of sp³-hybridized carbons (Fsp3) is 0.375. The third kappa shape index (κ3) is 6.84. The maximum Gasteiger partial charge on any atom is 0.331 e. The molecule has 0 bridgehead atoms. The Labute approximate surface area is 82.1 Å². The molecule has 14 heavy (non-hydrogen) atoms. The Bertz CT molecular complexity index is 282. The van der Waals surface area contributed by atoms with Gasteiger partial charge in [0.2, 0.25) is 0 Å². The second kappa shape index (κ2) is 6.64. The van der Waals surface area contributed by atoms with E-state index in [1.807, 2.05) is 6.92 Å². The zero-order valence-corrected chi connectivity index (χ0v) is 8.23. The Hall–Kier alpha value is -1.85. The Morgan fingerprint density at radius 2 is 2.29 bits per heavy atom. The number of nitrogens with two attached hydrogens (primary N) is 1. The molecule has 1 aromatic heterocycles. The van der Waals surface area contributed by atoms with Crippen molar-refractivity contribution in [1.29, 1.82) is 5.41 Å². The lowest BCUT2D eigenvalue weighted by Gasteiger charge is -1.95. The molecule has 0 aliphatic carbocycles. The highest BCUT2D eigenvalue weighted by molar-refractivity contribution is 5.76. The molecule has 78 valence electrons. The molecule has 0 amide bonds. The minimum Gasteiger partial charge on any atom is -0.388 e. The van der Waals surface area contributed by atoms with Crippen LogP contribution in [-0.4, -0.2) is 21.7 Å². The summed E-state index contributed by atoms with van der Waals surface area (Å²) in [6.45, 7) is 3.17. The zero-order valence-electron chi connectivity index (χ0n) is 8.23. The third-order valence-electron chi connectivity index (χ3n) is 1.08. The highest BCUT2D eigenvalue weighted by Gasteiger charge is 1.91. The van der Waals surface area contributed by atoms with Gasteiger partial charge in [-0.3, -0.25) is 5.41 Å². The first-order valence-electron chi connectivity index (χ1n) is 4.07. The fourth-order valence-electron chi connectivity index (χ4n) is 0.441. The highest BCUT2D eigenvalue weighted by Crippen LogP contribution is 1.78. The molecule has 0 fully saturated rings. The third-order valence-corrected chi connectivity index (χ3v) is 1.08. The van der Waals surface area contributed by atoms with Crippen molar-refractivity contribution >= 4 is 11.8 Å². The Morgan fingerprint density at radius 3 is 2.57 bits per heavy atom. The lowest BCUT2D eigenvalue weighted by molar-refractivity contribution is -0.143. The van der Waals surface area contributed by atoms with Crippen LogP contribution in [0, 0.1) is 5.41 Å². The van der Waals surface area contributed by atoms with Crippen molar-refractivity contribution in [3.63, 3.8) is 0 Å². The lowest BCUT2D eigenvalue weighted by Crippen LogP contribution is -2.16. The first-order valence-corrected chi connectivity index (χ1v) is 4.07. The van der Waals surface area contributed by atoms with Gasteiger partial charge in [0.25, 0.3) is 0 Å². The number of aromatic nitrogens is 2. The van der Waals surface area contributed by atoms with Crippen LogP contribution >= 0.6 is 0 Å². The number of amidine groups is 1. The topological polar surface area (TPSA) is 94.0 Å². The molecule has 0 aromatic carbocycles. The summed E-state index contributed by atoms with van der Waals surface area (Å²) in [5.41, 5.74) is 4.88. The predicted molar refractivity (Wildman–Crippen MR) is 51.7 cm³/mol. The molecule has 0 radical (unpaired) electrons. The number of nitrogens with one attached hydrogen (secondary N) is 1. The minimum absolute atomic E-state index is 0.255. The highest BCUT2D eigenvalue weighted by atomic mass is 16.7. The van der Waals surface area contributed by atoms with Gasteiger partial charge >= 0.3 is 5.97 Å². The summed E-state index contributed by atoms with van der Waals surface area (Å²) in [6.07, 6.45) is 3.74. The number of rotatable bonds is 2. The molecule has 3 N–H and O–H groups in total. The molecule has 0 aliphatic rings. The van der Waals surface area contributed by atoms with E-state index in [1.54, 1.807) is 12.3 Å². The summed E-state index contributed by atoms with van der Waals surface area (Å²) < 4.78 is 0. The molecule has 1 heterocycles. The first kappa shape index (κ1) is 12.2. The number of hydrogen-bond acceptors (Lipinski definition) is 4. The molecule has 6 heteroatoms. The van der Waals surface area contributed by atoms with Gasteiger partial charge in [0.05, 0.1) is 18.2 Å². The SMILES string of the molecule is CC(=O)On1cccn1.CCC(=N)N. The molecular weight excluding hydrogens is 184 g/mol. The van der Waals surface area contributed by atoms with Gasteiger partial charge in [-0.2, -0.15) is 0 Å². The summed E-state index contributed by atoms with van der Waals surface area (Å²) >= 11 is 0. The van der Waals surface area contributed by atoms with E-state index in [9.17, 15) is 4.79 Å². The van der Waals surface area contributed by atoms with Gasteiger partial charge in [-0.25, -0.2) is 4.79 Å². The molecule has 0 aliphatic heterocycles. The van der Waals surface area contributed by atoms with Crippen molar-refractivity contribution in [3.8, 4) is 0 Å². The number of carbonyl (C=O) groups excluding carboxylic acids is 1. The van der Waals surface area contributed by atoms with Crippen LogP contribution in [0.1, 0.15) is 20.3 Å². The van der Waals surface area contributed by atoms with Gasteiger partial charge in [0, 0.05) is 13.3 Å². The van der Waals surface area contributed by atoms with E-state index in [4.69, 9.17) is 11.1 Å². The monoisotopic (exact) mass is 198 g/mol. The van der Waals surface area contributed by atoms with Crippen LogP contribution in [0.15, 0.2) is 18.5 Å². The molecule has 0 atom stereocenters. The molecule has 0 saturated heterocycles. The van der Waals surface area contributed by atoms with E-state index < -0.39 is 0 Å². The van der Waals surface area contributed by atoms with E-state index >= 15 is 0 Å². The summed E-state index contributed by atoms with van der Waals surface area (Å²) in [6, 6.07) is 1.67. The van der Waals surface area contributed by atoms with Crippen LogP contribution < -0.4 is 10.6 Å². The Balaban J connectivity index is 0.000000292. The first-order chi connectivity index (χ1) is 6.56. The molecule has 0 saturated carbocycles. The summed E-state index contributed by atoms with van der Waals surface area (Å²) in [5, 5.41) is 10.2. The van der Waals surface area contributed by atoms with Crippen molar-refractivity contribution in [2.24, 2.45) is 5.73 Å². The predicted octanol–water partition coefficient (Wildman–Crippen LogP) is 0.191. The molecule has 0 spiro atoms. The minimum atomic E-state index is -0.376. The average molecular weight is 198 g/mol. The van der Waals surface area contributed by atoms with Gasteiger partial charge < -0.3 is 10.6 Å². The molecule has 1 aromatic rings. The standard InChI is InChI=1S/C5H6N2O2.C3H8N2/c1-5(8)9-7-4-2-3-6-7;1-2-3(4)5/h2-4H,1H3;2H2,1H3,(H3,4,5). The molecule has 6 nitrogen and oxygen atoms in total. The Kier molecular flexibility index (Phi) is 5.77. The van der Waals surface area contributed by atoms with Crippen LogP contribution in [0.5, 0.6) is 0 Å². The molecule has 0 unspecified atom stereocenters. The van der Waals surface area contributed by atoms with Gasteiger partial charge in [-0.05, 0) is 6.07 Å². The zero-order chi connectivity index (χ0) is 11.0. The second-order valence-corrected chi connectivity index (χ2v) is 2.37. The van der Waals surface area contributed by atoms with Crippen molar-refractivity contribution in [2.75, 3.05) is 0 Å². The van der Waals surface area contributed by atoms with Crippen molar-refractivity contribution < 1.29 is 9.63 Å². The summed E-state index contributed by atoms with van der Waals surface area (Å²) in [7, 11) is 0. The number of carbonyl (C=O) groups is 1. The van der Waals surface area contributed by atoms with Crippen LogP contribution in [0.2, 0.25) is 0 Å². The smallest absolute Gasteiger partial charge is 0.331 e. The Morgan fingerprint density at radius 1 is 1.71 bits per heavy atom. The quantitative estimate of drug-likeness (QED) is 0.524. The lowest BCUT2D eigenvalue weighted by atomic mass is 10.5. The van der Waals surface area contributed by atoms with Crippen LogP contribution in [0.3, 0.4) is 0 Å². The van der Waals surface area contributed by atoms with E-state index in [-0.39, 0.29) is 11.8 Å². The maximum absolute atomic E-state index is 10.2. The average Bonchev–Trinajstić information content (AvgIpc) is 2.57. The van der Waals surface area contributed by atoms with Gasteiger partial charge in [-0.15, -0.1) is 5.10 Å². The van der Waals surface area contributed by atoms with E-state index in [2.05, 4.69) is 9.94 Å². The molecule has 1 rings (SSSR count). The number of nitrogens with zero attached hydrogens (tertiary/aromatic N) is 2. The second-order valence-electron chi connectivity index (χ2n) is 2.37. The van der Waals surface area contributed by atoms with Crippen LogP contribution in [0.4, 0.5) is 0 Å². The number of hydrogen-bond donors (Lipinski definition) is 2. The summed E-state index contributed by atoms with van der Waals surface area (Å²) in [4.78, 5) is 15.8. The summed E-state index contributed by atoms with van der Waals surface area (Å²) in [5.74, 6) is -0.122. The molecular formula is C8H14N4O2. The fourth-order valence-corrected chi connectivity index (χ4v) is 0.441. The van der Waals surface area contributed by atoms with Crippen molar-refractivity contribution in [3.05, 3.63) is 18.5 Å². The van der Waals surface area contributed by atoms with Crippen LogP contribution in [0.25, 0.3) is 0 Å². The van der Waals surface area contributed by atoms with Gasteiger partial charge in [0.15, 0.2) is 0 Å². The van der Waals surface area contributed by atoms with E-state index in [0.717, 1.165) is 4.85 Å². The van der Waals surface area contributed by atoms with Gasteiger partial charge in [-0.1, -0.05) is 11.8 Å². The van der Waals surface area contributed by atoms with E-state index in [1.165, 1.54) is 13.1 Å². The van der Waals surface area contributed by atoms with Crippen molar-refractivity contribution in [2.45, 2.75) is 20.3 Å².